The maximum absolute atomic E-state index is 5.66. The zero-order valence-corrected chi connectivity index (χ0v) is 13.3. The minimum Gasteiger partial charge on any atom is -0.501 e. The number of hydrogen-bond acceptors (Lipinski definition) is 1. The van der Waals surface area contributed by atoms with Gasteiger partial charge in [0.1, 0.15) is 0 Å². The third-order valence-electron chi connectivity index (χ3n) is 4.79. The fourth-order valence-corrected chi connectivity index (χ4v) is 3.79. The summed E-state index contributed by atoms with van der Waals surface area (Å²) in [5.74, 6) is 1.50. The Morgan fingerprint density at radius 2 is 2.10 bits per heavy atom. The average molecular weight is 282 g/mol. The molecule has 0 aromatic heterocycles. The van der Waals surface area contributed by atoms with E-state index >= 15 is 0 Å². The lowest BCUT2D eigenvalue weighted by Crippen LogP contribution is -2.24. The lowest BCUT2D eigenvalue weighted by molar-refractivity contribution is 0.211. The Morgan fingerprint density at radius 1 is 1.24 bits per heavy atom. The molecule has 21 heavy (non-hydrogen) atoms. The molecule has 0 radical (unpaired) electrons. The fourth-order valence-electron chi connectivity index (χ4n) is 3.79. The van der Waals surface area contributed by atoms with Crippen LogP contribution in [0, 0.1) is 11.8 Å². The van der Waals surface area contributed by atoms with E-state index in [2.05, 4.69) is 44.2 Å². The predicted molar refractivity (Wildman–Crippen MR) is 89.0 cm³/mol. The zero-order valence-electron chi connectivity index (χ0n) is 13.3. The van der Waals surface area contributed by atoms with Crippen LogP contribution in [0.15, 0.2) is 41.7 Å². The molecule has 1 fully saturated rings. The Bertz CT molecular complexity index is 549. The third-order valence-corrected chi connectivity index (χ3v) is 4.79. The minimum absolute atomic E-state index is 0.725. The summed E-state index contributed by atoms with van der Waals surface area (Å²) in [4.78, 5) is 0. The van der Waals surface area contributed by atoms with Gasteiger partial charge in [-0.2, -0.15) is 0 Å². The molecule has 112 valence electrons. The lowest BCUT2D eigenvalue weighted by atomic mass is 9.69. The zero-order chi connectivity index (χ0) is 14.7. The van der Waals surface area contributed by atoms with Crippen LogP contribution in [-0.4, -0.2) is 6.61 Å². The van der Waals surface area contributed by atoms with Crippen molar-refractivity contribution in [3.63, 3.8) is 0 Å². The molecule has 1 aromatic carbocycles. The fraction of sp³-hybridized carbons (Fsp3) is 0.500. The molecule has 0 aliphatic heterocycles. The highest BCUT2D eigenvalue weighted by molar-refractivity contribution is 5.61. The standard InChI is InChI=1S/C20H26O/c1-15(2)14-21-11-10-16-8-5-9-19-12-17-6-3-4-7-18(17)13-20(16)19/h3-4,6-7,13-14,16,19H,5,8-12H2,1-2H3. The summed E-state index contributed by atoms with van der Waals surface area (Å²) < 4.78 is 5.66. The van der Waals surface area contributed by atoms with Crippen LogP contribution in [0.1, 0.15) is 50.7 Å². The van der Waals surface area contributed by atoms with Crippen molar-refractivity contribution in [1.29, 1.82) is 0 Å². The summed E-state index contributed by atoms with van der Waals surface area (Å²) in [6, 6.07) is 8.89. The van der Waals surface area contributed by atoms with Crippen molar-refractivity contribution in [3.8, 4) is 0 Å². The minimum atomic E-state index is 0.725. The molecular weight excluding hydrogens is 256 g/mol. The first-order valence-corrected chi connectivity index (χ1v) is 8.28. The van der Waals surface area contributed by atoms with E-state index in [0.29, 0.717) is 0 Å². The summed E-state index contributed by atoms with van der Waals surface area (Å²) >= 11 is 0. The van der Waals surface area contributed by atoms with Crippen molar-refractivity contribution >= 4 is 6.08 Å². The molecule has 0 N–H and O–H groups in total. The first kappa shape index (κ1) is 14.4. The van der Waals surface area contributed by atoms with Crippen LogP contribution in [-0.2, 0) is 11.2 Å². The molecule has 1 saturated carbocycles. The first-order valence-electron chi connectivity index (χ1n) is 8.28. The summed E-state index contributed by atoms with van der Waals surface area (Å²) in [7, 11) is 0. The number of allylic oxidation sites excluding steroid dienone is 2. The summed E-state index contributed by atoms with van der Waals surface area (Å²) in [6.45, 7) is 5.01. The Labute approximate surface area is 128 Å². The van der Waals surface area contributed by atoms with Crippen LogP contribution in [0.4, 0.5) is 0 Å². The molecule has 0 spiro atoms. The van der Waals surface area contributed by atoms with Gasteiger partial charge in [-0.1, -0.05) is 42.3 Å². The van der Waals surface area contributed by atoms with Gasteiger partial charge in [0, 0.05) is 0 Å². The van der Waals surface area contributed by atoms with Crippen molar-refractivity contribution < 1.29 is 4.74 Å². The van der Waals surface area contributed by atoms with E-state index in [1.807, 2.05) is 6.26 Å². The summed E-state index contributed by atoms with van der Waals surface area (Å²) in [5.41, 5.74) is 5.91. The Morgan fingerprint density at radius 3 is 2.95 bits per heavy atom. The number of hydrogen-bond donors (Lipinski definition) is 0. The van der Waals surface area contributed by atoms with E-state index in [9.17, 15) is 0 Å². The Kier molecular flexibility index (Phi) is 4.48. The van der Waals surface area contributed by atoms with Crippen LogP contribution in [0.5, 0.6) is 0 Å². The summed E-state index contributed by atoms with van der Waals surface area (Å²) in [6.07, 6.45) is 10.9. The van der Waals surface area contributed by atoms with E-state index in [0.717, 1.165) is 24.9 Å². The van der Waals surface area contributed by atoms with Gasteiger partial charge in [-0.05, 0) is 68.1 Å². The molecule has 0 amide bonds. The van der Waals surface area contributed by atoms with Crippen LogP contribution >= 0.6 is 0 Å². The van der Waals surface area contributed by atoms with Gasteiger partial charge in [0.15, 0.2) is 0 Å². The average Bonchev–Trinajstić information content (AvgIpc) is 2.49. The second kappa shape index (κ2) is 6.51. The molecule has 3 rings (SSSR count). The third kappa shape index (κ3) is 3.40. The van der Waals surface area contributed by atoms with Crippen molar-refractivity contribution in [2.75, 3.05) is 6.61 Å². The smallest absolute Gasteiger partial charge is 0.0879 e. The van der Waals surface area contributed by atoms with Crippen molar-refractivity contribution in [2.24, 2.45) is 11.8 Å². The quantitative estimate of drug-likeness (QED) is 0.532. The highest BCUT2D eigenvalue weighted by atomic mass is 16.5. The normalized spacial score (nSPS) is 23.6. The van der Waals surface area contributed by atoms with Crippen LogP contribution in [0.25, 0.3) is 6.08 Å². The van der Waals surface area contributed by atoms with Gasteiger partial charge in [0.05, 0.1) is 12.9 Å². The van der Waals surface area contributed by atoms with E-state index in [1.165, 1.54) is 42.4 Å². The maximum Gasteiger partial charge on any atom is 0.0879 e. The molecular formula is C20H26O. The molecule has 2 aliphatic carbocycles. The van der Waals surface area contributed by atoms with Crippen molar-refractivity contribution in [3.05, 3.63) is 52.8 Å². The second-order valence-corrected chi connectivity index (χ2v) is 6.73. The SMILES string of the molecule is CC(C)=COCCC1CCCC2Cc3ccccc3C=C12. The van der Waals surface area contributed by atoms with Gasteiger partial charge >= 0.3 is 0 Å². The van der Waals surface area contributed by atoms with Crippen LogP contribution in [0.3, 0.4) is 0 Å². The monoisotopic (exact) mass is 282 g/mol. The van der Waals surface area contributed by atoms with E-state index < -0.39 is 0 Å². The number of fused-ring (bicyclic) bond motifs is 2. The molecule has 1 nitrogen and oxygen atoms in total. The molecule has 1 heteroatoms. The molecule has 1 aromatic rings. The van der Waals surface area contributed by atoms with Crippen LogP contribution in [0.2, 0.25) is 0 Å². The topological polar surface area (TPSA) is 9.23 Å². The van der Waals surface area contributed by atoms with Gasteiger partial charge in [-0.3, -0.25) is 0 Å². The van der Waals surface area contributed by atoms with Gasteiger partial charge in [0.2, 0.25) is 0 Å². The van der Waals surface area contributed by atoms with E-state index in [-0.39, 0.29) is 0 Å². The molecule has 0 bridgehead atoms. The number of ether oxygens (including phenoxy) is 1. The summed E-state index contributed by atoms with van der Waals surface area (Å²) in [5, 5.41) is 0. The molecule has 2 aliphatic rings. The van der Waals surface area contributed by atoms with Gasteiger partial charge in [-0.15, -0.1) is 0 Å². The highest BCUT2D eigenvalue weighted by Gasteiger charge is 2.30. The van der Waals surface area contributed by atoms with Gasteiger partial charge < -0.3 is 4.74 Å². The maximum atomic E-state index is 5.66. The van der Waals surface area contributed by atoms with Gasteiger partial charge in [-0.25, -0.2) is 0 Å². The molecule has 2 atom stereocenters. The second-order valence-electron chi connectivity index (χ2n) is 6.73. The van der Waals surface area contributed by atoms with Crippen molar-refractivity contribution in [2.45, 2.75) is 46.0 Å². The largest absolute Gasteiger partial charge is 0.501 e. The van der Waals surface area contributed by atoms with Crippen molar-refractivity contribution in [1.82, 2.24) is 0 Å². The number of rotatable bonds is 4. The molecule has 0 saturated heterocycles. The molecule has 2 unspecified atom stereocenters. The lowest BCUT2D eigenvalue weighted by Gasteiger charge is -2.36. The Balaban J connectivity index is 1.71. The molecule has 0 heterocycles. The van der Waals surface area contributed by atoms with E-state index in [1.54, 1.807) is 5.57 Å². The van der Waals surface area contributed by atoms with Gasteiger partial charge in [0.25, 0.3) is 0 Å². The van der Waals surface area contributed by atoms with Crippen LogP contribution < -0.4 is 0 Å². The Hall–Kier alpha value is -1.50. The van der Waals surface area contributed by atoms with E-state index in [4.69, 9.17) is 4.74 Å². The predicted octanol–water partition coefficient (Wildman–Crippen LogP) is 5.37. The first-order chi connectivity index (χ1) is 10.2. The number of benzene rings is 1. The highest BCUT2D eigenvalue weighted by Crippen LogP contribution is 2.42.